The molecule has 0 bridgehead atoms. The predicted octanol–water partition coefficient (Wildman–Crippen LogP) is 3.36. The van der Waals surface area contributed by atoms with Crippen molar-refractivity contribution in [1.29, 1.82) is 0 Å². The van der Waals surface area contributed by atoms with E-state index < -0.39 is 0 Å². The maximum atomic E-state index is 12.7. The number of likely N-dealkylation sites (tertiary alicyclic amines) is 1. The van der Waals surface area contributed by atoms with E-state index in [1.807, 2.05) is 30.0 Å². The minimum absolute atomic E-state index is 0.179. The maximum Gasteiger partial charge on any atom is 0.253 e. The second-order valence-electron chi connectivity index (χ2n) is 6.32. The lowest BCUT2D eigenvalue weighted by Crippen LogP contribution is -2.45. The van der Waals surface area contributed by atoms with Gasteiger partial charge in [0.2, 0.25) is 0 Å². The Kier molecular flexibility index (Phi) is 4.65. The average Bonchev–Trinajstić information content (AvgIpc) is 3.04. The molecule has 3 nitrogen and oxygen atoms in total. The molecule has 2 aliphatic rings. The molecular weight excluding hydrogens is 328 g/mol. The molecule has 2 saturated heterocycles. The highest BCUT2D eigenvalue weighted by molar-refractivity contribution is 9.10. The van der Waals surface area contributed by atoms with Crippen LogP contribution < -0.4 is 5.32 Å². The van der Waals surface area contributed by atoms with Crippen molar-refractivity contribution in [1.82, 2.24) is 10.2 Å². The molecule has 1 amide bonds. The molecule has 21 heavy (non-hydrogen) atoms. The largest absolute Gasteiger partial charge is 0.338 e. The summed E-state index contributed by atoms with van der Waals surface area (Å²) in [6, 6.07) is 6.53. The Hall–Kier alpha value is -0.870. The van der Waals surface area contributed by atoms with E-state index in [-0.39, 0.29) is 5.91 Å². The van der Waals surface area contributed by atoms with Crippen LogP contribution >= 0.6 is 15.9 Å². The molecule has 2 fully saturated rings. The fourth-order valence-electron chi connectivity index (χ4n) is 3.55. The van der Waals surface area contributed by atoms with Gasteiger partial charge in [0.25, 0.3) is 5.91 Å². The molecule has 0 spiro atoms. The van der Waals surface area contributed by atoms with Crippen molar-refractivity contribution in [2.45, 2.75) is 38.6 Å². The molecule has 0 radical (unpaired) electrons. The van der Waals surface area contributed by atoms with E-state index in [9.17, 15) is 4.79 Å². The molecule has 2 atom stereocenters. The van der Waals surface area contributed by atoms with E-state index in [0.29, 0.717) is 12.0 Å². The number of rotatable bonds is 2. The topological polar surface area (TPSA) is 32.3 Å². The van der Waals surface area contributed by atoms with E-state index in [0.717, 1.165) is 36.1 Å². The summed E-state index contributed by atoms with van der Waals surface area (Å²) in [6.45, 7) is 4.98. The first-order chi connectivity index (χ1) is 10.1. The number of hydrogen-bond acceptors (Lipinski definition) is 2. The lowest BCUT2D eigenvalue weighted by atomic mass is 9.89. The zero-order chi connectivity index (χ0) is 14.8. The number of piperidine rings is 1. The highest BCUT2D eigenvalue weighted by Crippen LogP contribution is 2.26. The Morgan fingerprint density at radius 3 is 2.90 bits per heavy atom. The Morgan fingerprint density at radius 2 is 2.19 bits per heavy atom. The number of halogens is 1. The van der Waals surface area contributed by atoms with Gasteiger partial charge in [-0.2, -0.15) is 0 Å². The van der Waals surface area contributed by atoms with Gasteiger partial charge in [0.05, 0.1) is 0 Å². The zero-order valence-corrected chi connectivity index (χ0v) is 14.2. The number of carbonyl (C=O) groups is 1. The first-order valence-electron chi connectivity index (χ1n) is 7.94. The maximum absolute atomic E-state index is 12.7. The molecular formula is C17H23BrN2O. The first-order valence-corrected chi connectivity index (χ1v) is 8.73. The molecule has 0 aromatic heterocycles. The van der Waals surface area contributed by atoms with Crippen LogP contribution in [0.2, 0.25) is 0 Å². The quantitative estimate of drug-likeness (QED) is 0.886. The van der Waals surface area contributed by atoms with Crippen molar-refractivity contribution < 1.29 is 4.79 Å². The number of nitrogens with one attached hydrogen (secondary N) is 1. The Labute approximate surface area is 135 Å². The Balaban J connectivity index is 1.70. The molecule has 0 saturated carbocycles. The van der Waals surface area contributed by atoms with Crippen LogP contribution in [0.15, 0.2) is 22.7 Å². The standard InChI is InChI=1S/C17H23BrN2O/c1-12-6-7-13(10-15(12)18)17(21)20-9-3-4-14(11-20)16-5-2-8-19-16/h6-7,10,14,16,19H,2-5,8-9,11H2,1H3. The molecule has 1 aromatic carbocycles. The monoisotopic (exact) mass is 350 g/mol. The number of amides is 1. The summed E-state index contributed by atoms with van der Waals surface area (Å²) in [4.78, 5) is 14.8. The van der Waals surface area contributed by atoms with Crippen LogP contribution in [0.3, 0.4) is 0 Å². The van der Waals surface area contributed by atoms with E-state index in [4.69, 9.17) is 0 Å². The molecule has 3 rings (SSSR count). The van der Waals surface area contributed by atoms with Crippen LogP contribution in [0.25, 0.3) is 0 Å². The minimum Gasteiger partial charge on any atom is -0.338 e. The fraction of sp³-hybridized carbons (Fsp3) is 0.588. The van der Waals surface area contributed by atoms with Crippen LogP contribution in [0.1, 0.15) is 41.6 Å². The van der Waals surface area contributed by atoms with Gasteiger partial charge in [0, 0.05) is 29.2 Å². The van der Waals surface area contributed by atoms with Gasteiger partial charge in [-0.25, -0.2) is 0 Å². The average molecular weight is 351 g/mol. The number of hydrogen-bond donors (Lipinski definition) is 1. The molecule has 114 valence electrons. The summed E-state index contributed by atoms with van der Waals surface area (Å²) in [7, 11) is 0. The van der Waals surface area contributed by atoms with Crippen molar-refractivity contribution in [3.63, 3.8) is 0 Å². The normalized spacial score (nSPS) is 26.1. The molecule has 4 heteroatoms. The number of nitrogens with zero attached hydrogens (tertiary/aromatic N) is 1. The summed E-state index contributed by atoms with van der Waals surface area (Å²) >= 11 is 3.52. The molecule has 1 aromatic rings. The van der Waals surface area contributed by atoms with E-state index in [2.05, 4.69) is 21.2 Å². The molecule has 2 unspecified atom stereocenters. The second kappa shape index (κ2) is 6.49. The van der Waals surface area contributed by atoms with Gasteiger partial charge in [-0.1, -0.05) is 22.0 Å². The summed E-state index contributed by atoms with van der Waals surface area (Å²) < 4.78 is 1.01. The predicted molar refractivity (Wildman–Crippen MR) is 88.5 cm³/mol. The molecule has 0 aliphatic carbocycles. The van der Waals surface area contributed by atoms with Gasteiger partial charge in [-0.3, -0.25) is 4.79 Å². The third-order valence-corrected chi connectivity index (χ3v) is 5.69. The number of carbonyl (C=O) groups excluding carboxylic acids is 1. The molecule has 1 N–H and O–H groups in total. The van der Waals surface area contributed by atoms with Gasteiger partial charge in [0.1, 0.15) is 0 Å². The first kappa shape index (κ1) is 15.0. The third kappa shape index (κ3) is 3.32. The van der Waals surface area contributed by atoms with E-state index in [1.165, 1.54) is 24.8 Å². The number of aryl methyl sites for hydroxylation is 1. The highest BCUT2D eigenvalue weighted by atomic mass is 79.9. The van der Waals surface area contributed by atoms with Crippen LogP contribution in [0.4, 0.5) is 0 Å². The summed E-state index contributed by atoms with van der Waals surface area (Å²) in [5.74, 6) is 0.803. The smallest absolute Gasteiger partial charge is 0.253 e. The van der Waals surface area contributed by atoms with Gasteiger partial charge in [0.15, 0.2) is 0 Å². The van der Waals surface area contributed by atoms with Crippen LogP contribution in [-0.2, 0) is 0 Å². The van der Waals surface area contributed by atoms with Crippen LogP contribution in [0.5, 0.6) is 0 Å². The highest BCUT2D eigenvalue weighted by Gasteiger charge is 2.31. The van der Waals surface area contributed by atoms with Crippen LogP contribution in [-0.4, -0.2) is 36.5 Å². The third-order valence-electron chi connectivity index (χ3n) is 4.83. The summed E-state index contributed by atoms with van der Waals surface area (Å²) in [6.07, 6.45) is 4.92. The second-order valence-corrected chi connectivity index (χ2v) is 7.17. The van der Waals surface area contributed by atoms with Crippen molar-refractivity contribution in [2.24, 2.45) is 5.92 Å². The fourth-order valence-corrected chi connectivity index (χ4v) is 3.92. The Morgan fingerprint density at radius 1 is 1.33 bits per heavy atom. The summed E-state index contributed by atoms with van der Waals surface area (Å²) in [5.41, 5.74) is 1.96. The lowest BCUT2D eigenvalue weighted by molar-refractivity contribution is 0.0651. The van der Waals surface area contributed by atoms with Gasteiger partial charge >= 0.3 is 0 Å². The molecule has 2 heterocycles. The zero-order valence-electron chi connectivity index (χ0n) is 12.6. The van der Waals surface area contributed by atoms with E-state index in [1.54, 1.807) is 0 Å². The molecule has 2 aliphatic heterocycles. The summed E-state index contributed by atoms with van der Waals surface area (Å²) in [5, 5.41) is 3.60. The van der Waals surface area contributed by atoms with Crippen molar-refractivity contribution >= 4 is 21.8 Å². The number of benzene rings is 1. The minimum atomic E-state index is 0.179. The van der Waals surface area contributed by atoms with Crippen molar-refractivity contribution in [3.05, 3.63) is 33.8 Å². The van der Waals surface area contributed by atoms with Gasteiger partial charge in [-0.05, 0) is 62.8 Å². The Bertz CT molecular complexity index is 526. The van der Waals surface area contributed by atoms with Crippen molar-refractivity contribution in [3.8, 4) is 0 Å². The lowest BCUT2D eigenvalue weighted by Gasteiger charge is -2.36. The van der Waals surface area contributed by atoms with Gasteiger partial charge < -0.3 is 10.2 Å². The van der Waals surface area contributed by atoms with E-state index >= 15 is 0 Å². The SMILES string of the molecule is Cc1ccc(C(=O)N2CCCC(C3CCCN3)C2)cc1Br. The van der Waals surface area contributed by atoms with Crippen molar-refractivity contribution in [2.75, 3.05) is 19.6 Å². The van der Waals surface area contributed by atoms with Crippen LogP contribution in [0, 0.1) is 12.8 Å². The van der Waals surface area contributed by atoms with Gasteiger partial charge in [-0.15, -0.1) is 0 Å².